The summed E-state index contributed by atoms with van der Waals surface area (Å²) in [6, 6.07) is -0.682. The fourth-order valence-corrected chi connectivity index (χ4v) is 1.61. The third-order valence-corrected chi connectivity index (χ3v) is 2.49. The van der Waals surface area contributed by atoms with Crippen molar-refractivity contribution in [1.29, 1.82) is 0 Å². The highest BCUT2D eigenvalue weighted by molar-refractivity contribution is 5.52. The van der Waals surface area contributed by atoms with Gasteiger partial charge >= 0.3 is 6.18 Å². The van der Waals surface area contributed by atoms with E-state index in [0.717, 1.165) is 0 Å². The monoisotopic (exact) mass is 244 g/mol. The summed E-state index contributed by atoms with van der Waals surface area (Å²) in [5.74, 6) is 0. The molecule has 0 aliphatic rings. The fourth-order valence-electron chi connectivity index (χ4n) is 1.61. The minimum absolute atomic E-state index is 0.153. The number of nitrogens with two attached hydrogens (primary N) is 1. The minimum Gasteiger partial charge on any atom is -0.324 e. The lowest BCUT2D eigenvalue weighted by atomic mass is 10.1. The second-order valence-corrected chi connectivity index (χ2v) is 3.77. The molecule has 0 saturated carbocycles. The van der Waals surface area contributed by atoms with E-state index in [0.29, 0.717) is 11.1 Å². The maximum absolute atomic E-state index is 12.1. The Morgan fingerprint density at radius 1 is 1.35 bits per heavy atom. The number of nitrogens with zero attached hydrogens (tertiary/aromatic N) is 3. The third-order valence-electron chi connectivity index (χ3n) is 2.49. The van der Waals surface area contributed by atoms with Gasteiger partial charge in [0.2, 0.25) is 0 Å². The van der Waals surface area contributed by atoms with Gasteiger partial charge in [-0.3, -0.25) is 4.98 Å². The Hall–Kier alpha value is -1.63. The third kappa shape index (κ3) is 2.73. The maximum Gasteiger partial charge on any atom is 0.389 e. The highest BCUT2D eigenvalue weighted by Gasteiger charge is 2.28. The minimum atomic E-state index is -4.18. The molecule has 0 aliphatic carbocycles. The average molecular weight is 244 g/mol. The van der Waals surface area contributed by atoms with Gasteiger partial charge in [0.1, 0.15) is 0 Å². The van der Waals surface area contributed by atoms with Crippen molar-refractivity contribution in [2.45, 2.75) is 25.1 Å². The molecule has 0 saturated heterocycles. The average Bonchev–Trinajstić information content (AvgIpc) is 2.68. The number of alkyl halides is 3. The van der Waals surface area contributed by atoms with Crippen LogP contribution in [0, 0.1) is 0 Å². The van der Waals surface area contributed by atoms with Crippen LogP contribution in [0.15, 0.2) is 24.8 Å². The normalized spacial score (nSPS) is 14.1. The van der Waals surface area contributed by atoms with Crippen LogP contribution in [0.5, 0.6) is 0 Å². The molecule has 0 spiro atoms. The summed E-state index contributed by atoms with van der Waals surface area (Å²) in [6.45, 7) is 0. The smallest absolute Gasteiger partial charge is 0.324 e. The van der Waals surface area contributed by atoms with E-state index >= 15 is 0 Å². The van der Waals surface area contributed by atoms with E-state index < -0.39 is 18.6 Å². The first kappa shape index (κ1) is 11.8. The Morgan fingerprint density at radius 3 is 2.82 bits per heavy atom. The number of hydrogen-bond donors (Lipinski definition) is 1. The Kier molecular flexibility index (Phi) is 3.01. The summed E-state index contributed by atoms with van der Waals surface area (Å²) in [5, 5.41) is 4.00. The van der Waals surface area contributed by atoms with Crippen molar-refractivity contribution in [1.82, 2.24) is 14.6 Å². The number of rotatable bonds is 3. The standard InChI is InChI=1S/C10H11F3N4/c11-10(12,13)2-1-8(14)7-5-16-17-4-3-15-6-9(7)17/h3-6,8H,1-2,14H2. The van der Waals surface area contributed by atoms with Crippen LogP contribution in [0.25, 0.3) is 5.52 Å². The molecule has 7 heteroatoms. The van der Waals surface area contributed by atoms with Gasteiger partial charge in [-0.25, -0.2) is 4.52 Å². The molecule has 92 valence electrons. The number of hydrogen-bond acceptors (Lipinski definition) is 3. The van der Waals surface area contributed by atoms with Gasteiger partial charge in [0.25, 0.3) is 0 Å². The van der Waals surface area contributed by atoms with Gasteiger partial charge in [-0.2, -0.15) is 18.3 Å². The van der Waals surface area contributed by atoms with E-state index in [-0.39, 0.29) is 6.42 Å². The molecule has 0 fully saturated rings. The first-order valence-electron chi connectivity index (χ1n) is 5.07. The first-order valence-corrected chi connectivity index (χ1v) is 5.07. The van der Waals surface area contributed by atoms with Crippen molar-refractivity contribution < 1.29 is 13.2 Å². The molecule has 1 unspecified atom stereocenters. The molecule has 2 N–H and O–H groups in total. The molecule has 0 radical (unpaired) electrons. The molecule has 2 rings (SSSR count). The summed E-state index contributed by atoms with van der Waals surface area (Å²) in [6.07, 6.45) is 0.957. The van der Waals surface area contributed by atoms with E-state index in [1.807, 2.05) is 0 Å². The van der Waals surface area contributed by atoms with Crippen LogP contribution in [0.1, 0.15) is 24.4 Å². The fraction of sp³-hybridized carbons (Fsp3) is 0.400. The number of aromatic nitrogens is 3. The molecular weight excluding hydrogens is 233 g/mol. The van der Waals surface area contributed by atoms with Gasteiger partial charge in [0.05, 0.1) is 17.9 Å². The Morgan fingerprint density at radius 2 is 2.12 bits per heavy atom. The van der Waals surface area contributed by atoms with Crippen LogP contribution >= 0.6 is 0 Å². The molecule has 4 nitrogen and oxygen atoms in total. The summed E-state index contributed by atoms with van der Waals surface area (Å²) >= 11 is 0. The lowest BCUT2D eigenvalue weighted by Gasteiger charge is -2.11. The highest BCUT2D eigenvalue weighted by Crippen LogP contribution is 2.27. The predicted octanol–water partition coefficient (Wildman–Crippen LogP) is 2.07. The van der Waals surface area contributed by atoms with E-state index in [1.54, 1.807) is 12.4 Å². The molecule has 2 heterocycles. The van der Waals surface area contributed by atoms with Crippen molar-refractivity contribution in [2.75, 3.05) is 0 Å². The molecule has 0 aromatic carbocycles. The Bertz CT molecular complexity index is 505. The van der Waals surface area contributed by atoms with Crippen molar-refractivity contribution in [2.24, 2.45) is 5.73 Å². The van der Waals surface area contributed by atoms with Crippen molar-refractivity contribution in [3.63, 3.8) is 0 Å². The zero-order valence-electron chi connectivity index (χ0n) is 8.85. The topological polar surface area (TPSA) is 56.2 Å². The van der Waals surface area contributed by atoms with Crippen LogP contribution in [-0.4, -0.2) is 20.8 Å². The Labute approximate surface area is 95.3 Å². The van der Waals surface area contributed by atoms with Crippen LogP contribution in [-0.2, 0) is 0 Å². The van der Waals surface area contributed by atoms with E-state index in [9.17, 15) is 13.2 Å². The van der Waals surface area contributed by atoms with Crippen LogP contribution < -0.4 is 5.73 Å². The molecule has 2 aromatic rings. The van der Waals surface area contributed by atoms with Crippen LogP contribution in [0.2, 0.25) is 0 Å². The van der Waals surface area contributed by atoms with Crippen molar-refractivity contribution in [3.8, 4) is 0 Å². The summed E-state index contributed by atoms with van der Waals surface area (Å²) < 4.78 is 37.8. The van der Waals surface area contributed by atoms with Crippen molar-refractivity contribution >= 4 is 5.52 Å². The number of halogens is 3. The molecule has 0 aliphatic heterocycles. The zero-order valence-corrected chi connectivity index (χ0v) is 8.85. The summed E-state index contributed by atoms with van der Waals surface area (Å²) in [4.78, 5) is 3.90. The first-order chi connectivity index (χ1) is 7.97. The molecule has 0 bridgehead atoms. The van der Waals surface area contributed by atoms with E-state index in [1.165, 1.54) is 16.9 Å². The quantitative estimate of drug-likeness (QED) is 0.899. The molecule has 0 amide bonds. The highest BCUT2D eigenvalue weighted by atomic mass is 19.4. The van der Waals surface area contributed by atoms with Gasteiger partial charge in [0, 0.05) is 30.4 Å². The summed E-state index contributed by atoms with van der Waals surface area (Å²) in [5.41, 5.74) is 6.96. The lowest BCUT2D eigenvalue weighted by molar-refractivity contribution is -0.136. The largest absolute Gasteiger partial charge is 0.389 e. The molecule has 2 aromatic heterocycles. The van der Waals surface area contributed by atoms with Gasteiger partial charge in [-0.05, 0) is 6.42 Å². The molecular formula is C10H11F3N4. The van der Waals surface area contributed by atoms with Gasteiger partial charge in [-0.15, -0.1) is 0 Å². The van der Waals surface area contributed by atoms with Crippen LogP contribution in [0.4, 0.5) is 13.2 Å². The second kappa shape index (κ2) is 4.33. The number of fused-ring (bicyclic) bond motifs is 1. The SMILES string of the molecule is NC(CCC(F)(F)F)c1cnn2ccncc12. The molecule has 17 heavy (non-hydrogen) atoms. The maximum atomic E-state index is 12.1. The summed E-state index contributed by atoms with van der Waals surface area (Å²) in [7, 11) is 0. The van der Waals surface area contributed by atoms with Gasteiger partial charge < -0.3 is 5.73 Å². The molecule has 1 atom stereocenters. The second-order valence-electron chi connectivity index (χ2n) is 3.77. The predicted molar refractivity (Wildman–Crippen MR) is 55.2 cm³/mol. The Balaban J connectivity index is 2.16. The van der Waals surface area contributed by atoms with E-state index in [4.69, 9.17) is 5.73 Å². The van der Waals surface area contributed by atoms with Gasteiger partial charge in [0.15, 0.2) is 0 Å². The van der Waals surface area contributed by atoms with Gasteiger partial charge in [-0.1, -0.05) is 0 Å². The van der Waals surface area contributed by atoms with Crippen LogP contribution in [0.3, 0.4) is 0 Å². The van der Waals surface area contributed by atoms with E-state index in [2.05, 4.69) is 10.1 Å². The van der Waals surface area contributed by atoms with Crippen molar-refractivity contribution in [3.05, 3.63) is 30.4 Å². The lowest BCUT2D eigenvalue weighted by Crippen LogP contribution is -2.15. The zero-order chi connectivity index (χ0) is 12.5.